The number of nitrogens with zero attached hydrogens (tertiary/aromatic N) is 3. The van der Waals surface area contributed by atoms with Crippen LogP contribution in [0, 0.1) is 6.92 Å². The van der Waals surface area contributed by atoms with Gasteiger partial charge in [0.2, 0.25) is 0 Å². The fourth-order valence-corrected chi connectivity index (χ4v) is 4.18. The van der Waals surface area contributed by atoms with Crippen molar-refractivity contribution in [3.05, 3.63) is 96.4 Å². The maximum Gasteiger partial charge on any atom is 0.157 e. The second-order valence-electron chi connectivity index (χ2n) is 7.53. The first-order valence-corrected chi connectivity index (χ1v) is 9.77. The highest BCUT2D eigenvalue weighted by molar-refractivity contribution is 6.00. The van der Waals surface area contributed by atoms with Gasteiger partial charge in [-0.05, 0) is 19.1 Å². The molecule has 0 fully saturated rings. The van der Waals surface area contributed by atoms with Gasteiger partial charge in [0.25, 0.3) is 0 Å². The molecule has 0 N–H and O–H groups in total. The second kappa shape index (κ2) is 6.11. The Morgan fingerprint density at radius 2 is 1.62 bits per heavy atom. The minimum atomic E-state index is 0.629. The molecule has 3 aromatic carbocycles. The Hall–Kier alpha value is -3.79. The molecule has 0 saturated carbocycles. The Balaban J connectivity index is 1.51. The Morgan fingerprint density at radius 1 is 0.862 bits per heavy atom. The lowest BCUT2D eigenvalue weighted by atomic mass is 10.1. The van der Waals surface area contributed by atoms with E-state index in [1.807, 2.05) is 6.07 Å². The van der Waals surface area contributed by atoms with Gasteiger partial charge in [-0.1, -0.05) is 71.4 Å². The van der Waals surface area contributed by atoms with E-state index in [0.29, 0.717) is 6.54 Å². The Kier molecular flexibility index (Phi) is 3.41. The highest BCUT2D eigenvalue weighted by Gasteiger charge is 2.16. The SMILES string of the molecule is Cc1ccc(-c2cc(Cn3c4ccccc4n4cc5ccccc5c34)on2)cc1. The molecule has 0 atom stereocenters. The first kappa shape index (κ1) is 16.2. The van der Waals surface area contributed by atoms with E-state index in [0.717, 1.165) is 17.0 Å². The Bertz CT molecular complexity index is 1480. The van der Waals surface area contributed by atoms with E-state index in [1.165, 1.54) is 33.0 Å². The third-order valence-electron chi connectivity index (χ3n) is 5.61. The van der Waals surface area contributed by atoms with Gasteiger partial charge in [-0.2, -0.15) is 0 Å². The summed E-state index contributed by atoms with van der Waals surface area (Å²) in [6, 6.07) is 27.4. The molecule has 0 saturated heterocycles. The second-order valence-corrected chi connectivity index (χ2v) is 7.53. The summed E-state index contributed by atoms with van der Waals surface area (Å²) in [6.45, 7) is 2.71. The van der Waals surface area contributed by atoms with Gasteiger partial charge >= 0.3 is 0 Å². The monoisotopic (exact) mass is 377 g/mol. The summed E-state index contributed by atoms with van der Waals surface area (Å²) in [7, 11) is 0. The molecule has 0 spiro atoms. The number of imidazole rings is 1. The van der Waals surface area contributed by atoms with Crippen molar-refractivity contribution in [2.75, 3.05) is 0 Å². The fraction of sp³-hybridized carbons (Fsp3) is 0.0800. The highest BCUT2D eigenvalue weighted by Crippen LogP contribution is 2.30. The number of hydrogen-bond donors (Lipinski definition) is 0. The van der Waals surface area contributed by atoms with E-state index in [-0.39, 0.29) is 0 Å². The molecule has 0 bridgehead atoms. The average molecular weight is 377 g/mol. The zero-order valence-corrected chi connectivity index (χ0v) is 16.0. The van der Waals surface area contributed by atoms with Crippen LogP contribution in [0.5, 0.6) is 0 Å². The molecule has 0 amide bonds. The van der Waals surface area contributed by atoms with Crippen LogP contribution in [0.2, 0.25) is 0 Å². The molecule has 6 rings (SSSR count). The molecule has 4 heteroatoms. The maximum absolute atomic E-state index is 5.73. The van der Waals surface area contributed by atoms with Crippen LogP contribution in [0.4, 0.5) is 0 Å². The smallest absolute Gasteiger partial charge is 0.157 e. The summed E-state index contributed by atoms with van der Waals surface area (Å²) >= 11 is 0. The molecule has 140 valence electrons. The topological polar surface area (TPSA) is 35.4 Å². The average Bonchev–Trinajstić information content (AvgIpc) is 3.44. The van der Waals surface area contributed by atoms with Gasteiger partial charge in [0.15, 0.2) is 5.76 Å². The van der Waals surface area contributed by atoms with Crippen LogP contribution in [0.25, 0.3) is 38.7 Å². The quantitative estimate of drug-likeness (QED) is 0.376. The molecule has 0 radical (unpaired) electrons. The standard InChI is InChI=1S/C25H19N3O/c1-17-10-12-18(13-11-17)22-14-20(29-26-22)16-28-24-9-5-4-8-23(24)27-15-19-6-2-3-7-21(19)25(27)28/h2-15H,16H2,1H3. The van der Waals surface area contributed by atoms with E-state index in [4.69, 9.17) is 4.52 Å². The maximum atomic E-state index is 5.73. The number of rotatable bonds is 3. The van der Waals surface area contributed by atoms with Gasteiger partial charge in [0.1, 0.15) is 11.3 Å². The number of para-hydroxylation sites is 2. The molecule has 3 heterocycles. The predicted octanol–water partition coefficient (Wildman–Crippen LogP) is 6.06. The van der Waals surface area contributed by atoms with Crippen molar-refractivity contribution in [2.24, 2.45) is 0 Å². The predicted molar refractivity (Wildman–Crippen MR) is 116 cm³/mol. The van der Waals surface area contributed by atoms with Gasteiger partial charge in [-0.3, -0.25) is 4.40 Å². The number of aryl methyl sites for hydroxylation is 1. The zero-order chi connectivity index (χ0) is 19.4. The number of benzene rings is 3. The van der Waals surface area contributed by atoms with E-state index in [2.05, 4.69) is 100 Å². The van der Waals surface area contributed by atoms with E-state index in [9.17, 15) is 0 Å². The van der Waals surface area contributed by atoms with Crippen molar-refractivity contribution >= 4 is 27.5 Å². The van der Waals surface area contributed by atoms with Gasteiger partial charge < -0.3 is 9.09 Å². The molecule has 0 aliphatic heterocycles. The van der Waals surface area contributed by atoms with Crippen LogP contribution >= 0.6 is 0 Å². The first-order chi connectivity index (χ1) is 14.3. The minimum absolute atomic E-state index is 0.629. The molecule has 0 aliphatic rings. The number of aromatic nitrogens is 3. The van der Waals surface area contributed by atoms with Crippen molar-refractivity contribution in [3.63, 3.8) is 0 Å². The van der Waals surface area contributed by atoms with Crippen molar-refractivity contribution in [1.82, 2.24) is 14.1 Å². The molecule has 0 aliphatic carbocycles. The van der Waals surface area contributed by atoms with Crippen LogP contribution in [0.3, 0.4) is 0 Å². The lowest BCUT2D eigenvalue weighted by Gasteiger charge is -2.03. The Labute approximate surface area is 167 Å². The minimum Gasteiger partial charge on any atom is -0.359 e. The van der Waals surface area contributed by atoms with Crippen molar-refractivity contribution in [1.29, 1.82) is 0 Å². The van der Waals surface area contributed by atoms with Crippen molar-refractivity contribution in [2.45, 2.75) is 13.5 Å². The van der Waals surface area contributed by atoms with Crippen molar-refractivity contribution in [3.8, 4) is 11.3 Å². The van der Waals surface area contributed by atoms with Gasteiger partial charge in [-0.15, -0.1) is 0 Å². The number of fused-ring (bicyclic) bond motifs is 5. The fourth-order valence-electron chi connectivity index (χ4n) is 4.18. The van der Waals surface area contributed by atoms with Crippen LogP contribution < -0.4 is 0 Å². The summed E-state index contributed by atoms with van der Waals surface area (Å²) < 4.78 is 10.3. The zero-order valence-electron chi connectivity index (χ0n) is 16.0. The Morgan fingerprint density at radius 3 is 2.48 bits per heavy atom. The normalized spacial score (nSPS) is 11.8. The summed E-state index contributed by atoms with van der Waals surface area (Å²) in [5, 5.41) is 6.79. The molecular formula is C25H19N3O. The lowest BCUT2D eigenvalue weighted by Crippen LogP contribution is -1.98. The summed E-state index contributed by atoms with van der Waals surface area (Å²) in [6.07, 6.45) is 2.21. The van der Waals surface area contributed by atoms with Gasteiger partial charge in [-0.25, -0.2) is 0 Å². The largest absolute Gasteiger partial charge is 0.359 e. The molecule has 4 nitrogen and oxygen atoms in total. The highest BCUT2D eigenvalue weighted by atomic mass is 16.5. The first-order valence-electron chi connectivity index (χ1n) is 9.77. The number of hydrogen-bond acceptors (Lipinski definition) is 2. The van der Waals surface area contributed by atoms with E-state index >= 15 is 0 Å². The third kappa shape index (κ3) is 2.49. The van der Waals surface area contributed by atoms with E-state index < -0.39 is 0 Å². The molecule has 0 unspecified atom stereocenters. The summed E-state index contributed by atoms with van der Waals surface area (Å²) in [5.41, 5.74) is 6.72. The third-order valence-corrected chi connectivity index (χ3v) is 5.61. The van der Waals surface area contributed by atoms with E-state index in [1.54, 1.807) is 0 Å². The van der Waals surface area contributed by atoms with Crippen LogP contribution in [-0.2, 0) is 6.54 Å². The molecular weight excluding hydrogens is 358 g/mol. The van der Waals surface area contributed by atoms with Gasteiger partial charge in [0.05, 0.1) is 17.6 Å². The molecule has 3 aromatic heterocycles. The summed E-state index contributed by atoms with van der Waals surface area (Å²) in [4.78, 5) is 0. The summed E-state index contributed by atoms with van der Waals surface area (Å²) in [5.74, 6) is 0.842. The van der Waals surface area contributed by atoms with Gasteiger partial charge in [0, 0.05) is 28.6 Å². The molecule has 6 aromatic rings. The van der Waals surface area contributed by atoms with Crippen LogP contribution in [0.1, 0.15) is 11.3 Å². The van der Waals surface area contributed by atoms with Crippen molar-refractivity contribution < 1.29 is 4.52 Å². The lowest BCUT2D eigenvalue weighted by molar-refractivity contribution is 0.380. The van der Waals surface area contributed by atoms with Crippen LogP contribution in [-0.4, -0.2) is 14.1 Å². The van der Waals surface area contributed by atoms with Crippen LogP contribution in [0.15, 0.2) is 89.6 Å². The molecule has 29 heavy (non-hydrogen) atoms.